The molecule has 38 heavy (non-hydrogen) atoms. The van der Waals surface area contributed by atoms with Gasteiger partial charge in [-0.1, -0.05) is 30.3 Å². The molecule has 10 heteroatoms. The van der Waals surface area contributed by atoms with Gasteiger partial charge in [0.1, 0.15) is 24.8 Å². The standard InChI is InChI=1S/C28H34FN3O6/c1-19(33)30-25(26(34)24-8-5-9-32(27(24)35)18-20-6-3-2-4-7-20)16-21-14-22(29)17-23(15-21)37-12-10-31-11-13-38-28(31)36/h2-4,6-7,14-15,17,24-26,34H,5,8-13,16,18H2,1H3,(H,30,33)/t24-,25-,26+/m0/s1. The van der Waals surface area contributed by atoms with E-state index in [2.05, 4.69) is 5.32 Å². The van der Waals surface area contributed by atoms with Crippen molar-refractivity contribution in [1.29, 1.82) is 0 Å². The Balaban J connectivity index is 1.42. The van der Waals surface area contributed by atoms with Gasteiger partial charge in [0.15, 0.2) is 0 Å². The minimum atomic E-state index is -1.15. The second kappa shape index (κ2) is 12.7. The number of likely N-dealkylation sites (tertiary alicyclic amines) is 1. The maximum atomic E-state index is 14.4. The molecule has 9 nitrogen and oxygen atoms in total. The summed E-state index contributed by atoms with van der Waals surface area (Å²) in [5.74, 6) is -1.47. The molecule has 0 bridgehead atoms. The molecule has 2 aliphatic rings. The van der Waals surface area contributed by atoms with Gasteiger partial charge in [-0.25, -0.2) is 9.18 Å². The van der Waals surface area contributed by atoms with Crippen molar-refractivity contribution in [2.75, 3.05) is 32.8 Å². The third kappa shape index (κ3) is 7.22. The fourth-order valence-corrected chi connectivity index (χ4v) is 5.02. The zero-order chi connectivity index (χ0) is 27.1. The highest BCUT2D eigenvalue weighted by atomic mass is 19.1. The molecule has 0 unspecified atom stereocenters. The van der Waals surface area contributed by atoms with Crippen molar-refractivity contribution in [3.63, 3.8) is 0 Å². The number of carbonyl (C=O) groups is 3. The number of piperidine rings is 1. The van der Waals surface area contributed by atoms with Crippen molar-refractivity contribution in [2.24, 2.45) is 5.92 Å². The first-order valence-corrected chi connectivity index (χ1v) is 12.9. The van der Waals surface area contributed by atoms with E-state index in [1.54, 1.807) is 11.0 Å². The van der Waals surface area contributed by atoms with Crippen molar-refractivity contribution < 1.29 is 33.4 Å². The predicted molar refractivity (Wildman–Crippen MR) is 137 cm³/mol. The summed E-state index contributed by atoms with van der Waals surface area (Å²) in [5.41, 5.74) is 1.51. The molecule has 204 valence electrons. The molecule has 3 amide bonds. The highest BCUT2D eigenvalue weighted by Crippen LogP contribution is 2.27. The number of nitrogens with one attached hydrogen (secondary N) is 1. The van der Waals surface area contributed by atoms with Crippen LogP contribution < -0.4 is 10.1 Å². The zero-order valence-electron chi connectivity index (χ0n) is 21.5. The van der Waals surface area contributed by atoms with Gasteiger partial charge in [-0.2, -0.15) is 0 Å². The Morgan fingerprint density at radius 1 is 1.16 bits per heavy atom. The van der Waals surface area contributed by atoms with Gasteiger partial charge in [0.25, 0.3) is 0 Å². The van der Waals surface area contributed by atoms with Gasteiger partial charge >= 0.3 is 6.09 Å². The SMILES string of the molecule is CC(=O)N[C@@H](Cc1cc(F)cc(OCCN2CCOC2=O)c1)[C@H](O)[C@@H]1CCCN(Cc2ccccc2)C1=O. The fourth-order valence-electron chi connectivity index (χ4n) is 5.02. The van der Waals surface area contributed by atoms with E-state index >= 15 is 0 Å². The first-order chi connectivity index (χ1) is 18.3. The van der Waals surface area contributed by atoms with Crippen molar-refractivity contribution in [2.45, 2.75) is 44.9 Å². The van der Waals surface area contributed by atoms with E-state index in [9.17, 15) is 23.9 Å². The van der Waals surface area contributed by atoms with Gasteiger partial charge in [0, 0.05) is 26.1 Å². The van der Waals surface area contributed by atoms with Crippen LogP contribution in [0.25, 0.3) is 0 Å². The highest BCUT2D eigenvalue weighted by molar-refractivity contribution is 5.80. The molecule has 0 radical (unpaired) electrons. The summed E-state index contributed by atoms with van der Waals surface area (Å²) in [6.07, 6.45) is -0.220. The van der Waals surface area contributed by atoms with E-state index in [0.29, 0.717) is 44.8 Å². The van der Waals surface area contributed by atoms with Gasteiger partial charge in [-0.15, -0.1) is 0 Å². The van der Waals surface area contributed by atoms with Crippen LogP contribution >= 0.6 is 0 Å². The summed E-state index contributed by atoms with van der Waals surface area (Å²) in [6, 6.07) is 13.0. The normalized spacial score (nSPS) is 19.2. The monoisotopic (exact) mass is 527 g/mol. The van der Waals surface area contributed by atoms with E-state index in [-0.39, 0.29) is 30.6 Å². The minimum absolute atomic E-state index is 0.107. The third-order valence-corrected chi connectivity index (χ3v) is 6.86. The van der Waals surface area contributed by atoms with Crippen LogP contribution in [0.1, 0.15) is 30.9 Å². The molecule has 0 aliphatic carbocycles. The smallest absolute Gasteiger partial charge is 0.410 e. The van der Waals surface area contributed by atoms with Crippen LogP contribution in [0.4, 0.5) is 9.18 Å². The van der Waals surface area contributed by atoms with Crippen LogP contribution in [0.2, 0.25) is 0 Å². The molecule has 2 aromatic carbocycles. The Bertz CT molecular complexity index is 1130. The second-order valence-electron chi connectivity index (χ2n) is 9.74. The van der Waals surface area contributed by atoms with Crippen molar-refractivity contribution in [1.82, 2.24) is 15.1 Å². The number of rotatable bonds is 11. The highest BCUT2D eigenvalue weighted by Gasteiger charge is 2.38. The number of hydrogen-bond acceptors (Lipinski definition) is 6. The topological polar surface area (TPSA) is 108 Å². The number of aliphatic hydroxyl groups is 1. The number of nitrogens with zero attached hydrogens (tertiary/aromatic N) is 2. The predicted octanol–water partition coefficient (Wildman–Crippen LogP) is 2.50. The molecule has 0 spiro atoms. The lowest BCUT2D eigenvalue weighted by atomic mass is 9.85. The average Bonchev–Trinajstić information content (AvgIpc) is 3.29. The van der Waals surface area contributed by atoms with E-state index < -0.39 is 30.0 Å². The average molecular weight is 528 g/mol. The molecule has 0 saturated carbocycles. The molecule has 2 aliphatic heterocycles. The van der Waals surface area contributed by atoms with E-state index in [1.807, 2.05) is 30.3 Å². The van der Waals surface area contributed by atoms with Crippen molar-refractivity contribution >= 4 is 17.9 Å². The number of hydrogen-bond donors (Lipinski definition) is 2. The maximum absolute atomic E-state index is 14.4. The van der Waals surface area contributed by atoms with E-state index in [0.717, 1.165) is 12.0 Å². The largest absolute Gasteiger partial charge is 0.492 e. The van der Waals surface area contributed by atoms with Gasteiger partial charge in [-0.05, 0) is 42.5 Å². The molecule has 2 fully saturated rings. The number of carbonyl (C=O) groups excluding carboxylic acids is 3. The Kier molecular flexibility index (Phi) is 9.17. The summed E-state index contributed by atoms with van der Waals surface area (Å²) in [4.78, 5) is 40.1. The molecule has 0 aromatic heterocycles. The minimum Gasteiger partial charge on any atom is -0.492 e. The van der Waals surface area contributed by atoms with Crippen LogP contribution in [0.3, 0.4) is 0 Å². The molecule has 2 aromatic rings. The first kappa shape index (κ1) is 27.4. The summed E-state index contributed by atoms with van der Waals surface area (Å²) < 4.78 is 25.0. The van der Waals surface area contributed by atoms with Gasteiger partial charge in [0.2, 0.25) is 11.8 Å². The number of aliphatic hydroxyl groups excluding tert-OH is 1. The van der Waals surface area contributed by atoms with Crippen molar-refractivity contribution in [3.05, 3.63) is 65.5 Å². The lowest BCUT2D eigenvalue weighted by molar-refractivity contribution is -0.145. The fraction of sp³-hybridized carbons (Fsp3) is 0.464. The zero-order valence-corrected chi connectivity index (χ0v) is 21.5. The number of halogens is 1. The Hall–Kier alpha value is -3.66. The summed E-state index contributed by atoms with van der Waals surface area (Å²) in [6.45, 7) is 3.67. The summed E-state index contributed by atoms with van der Waals surface area (Å²) in [5, 5.41) is 14.0. The molecule has 4 rings (SSSR count). The summed E-state index contributed by atoms with van der Waals surface area (Å²) >= 11 is 0. The van der Waals surface area contributed by atoms with Gasteiger partial charge < -0.3 is 29.7 Å². The number of ether oxygens (including phenoxy) is 2. The third-order valence-electron chi connectivity index (χ3n) is 6.86. The molecular weight excluding hydrogens is 493 g/mol. The number of cyclic esters (lactones) is 1. The Labute approximate surface area is 221 Å². The van der Waals surface area contributed by atoms with Gasteiger partial charge in [0.05, 0.1) is 31.2 Å². The van der Waals surface area contributed by atoms with Crippen LogP contribution in [0.15, 0.2) is 48.5 Å². The maximum Gasteiger partial charge on any atom is 0.410 e. The molecule has 2 heterocycles. The van der Waals surface area contributed by atoms with E-state index in [1.165, 1.54) is 24.0 Å². The molecule has 2 saturated heterocycles. The van der Waals surface area contributed by atoms with E-state index in [4.69, 9.17) is 9.47 Å². The lowest BCUT2D eigenvalue weighted by Crippen LogP contribution is -2.53. The quantitative estimate of drug-likeness (QED) is 0.465. The molecular formula is C28H34FN3O6. The number of amides is 3. The second-order valence-corrected chi connectivity index (χ2v) is 9.74. The Morgan fingerprint density at radius 3 is 2.66 bits per heavy atom. The Morgan fingerprint density at radius 2 is 1.95 bits per heavy atom. The van der Waals surface area contributed by atoms with Gasteiger partial charge in [-0.3, -0.25) is 9.59 Å². The van der Waals surface area contributed by atoms with Crippen molar-refractivity contribution in [3.8, 4) is 5.75 Å². The van der Waals surface area contributed by atoms with Crippen LogP contribution in [-0.2, 0) is 27.3 Å². The molecule has 2 N–H and O–H groups in total. The lowest BCUT2D eigenvalue weighted by Gasteiger charge is -2.37. The number of benzene rings is 2. The van der Waals surface area contributed by atoms with Crippen LogP contribution in [0.5, 0.6) is 5.75 Å². The first-order valence-electron chi connectivity index (χ1n) is 12.9. The van der Waals surface area contributed by atoms with Crippen LogP contribution in [-0.4, -0.2) is 77.8 Å². The van der Waals surface area contributed by atoms with Crippen LogP contribution in [0, 0.1) is 11.7 Å². The summed E-state index contributed by atoms with van der Waals surface area (Å²) in [7, 11) is 0. The molecule has 3 atom stereocenters.